The summed E-state index contributed by atoms with van der Waals surface area (Å²) < 4.78 is 5.15. The van der Waals surface area contributed by atoms with E-state index in [1.165, 1.54) is 0 Å². The maximum atomic E-state index is 10.1. The Labute approximate surface area is 117 Å². The third-order valence-corrected chi connectivity index (χ3v) is 3.02. The van der Waals surface area contributed by atoms with E-state index in [0.29, 0.717) is 34.9 Å². The second-order valence-corrected chi connectivity index (χ2v) is 4.27. The van der Waals surface area contributed by atoms with E-state index in [1.807, 2.05) is 6.07 Å². The van der Waals surface area contributed by atoms with Gasteiger partial charge in [-0.2, -0.15) is 0 Å². The second-order valence-electron chi connectivity index (χ2n) is 4.27. The number of aliphatic hydroxyl groups is 1. The molecule has 2 rings (SSSR count). The molecule has 0 aliphatic carbocycles. The van der Waals surface area contributed by atoms with Crippen molar-refractivity contribution in [1.82, 2.24) is 9.97 Å². The lowest BCUT2D eigenvalue weighted by atomic mass is 10.1. The molecule has 3 N–H and O–H groups in total. The van der Waals surface area contributed by atoms with Crippen molar-refractivity contribution in [2.45, 2.75) is 20.1 Å². The Hall–Kier alpha value is -2.34. The van der Waals surface area contributed by atoms with Gasteiger partial charge in [0.2, 0.25) is 5.88 Å². The van der Waals surface area contributed by atoms with Gasteiger partial charge in [0.25, 0.3) is 0 Å². The van der Waals surface area contributed by atoms with Crippen LogP contribution in [0.1, 0.15) is 16.8 Å². The monoisotopic (exact) mass is 275 g/mol. The van der Waals surface area contributed by atoms with E-state index in [2.05, 4.69) is 15.3 Å². The molecular weight excluding hydrogens is 258 g/mol. The number of aryl methyl sites for hydroxylation is 1. The number of aromatic nitrogens is 2. The Balaban J connectivity index is 2.25. The highest BCUT2D eigenvalue weighted by Crippen LogP contribution is 2.26. The van der Waals surface area contributed by atoms with E-state index in [1.54, 1.807) is 32.5 Å². The first kappa shape index (κ1) is 14.1. The van der Waals surface area contributed by atoms with Crippen LogP contribution in [0.25, 0.3) is 0 Å². The Kier molecular flexibility index (Phi) is 4.37. The standard InChI is InChI=1S/C14H17N3O3/c1-9-13(19)11(10(8-18)6-16-9)7-17-12-4-3-5-15-14(12)20-2/h3-6,17-19H,7-8H2,1-2H3. The van der Waals surface area contributed by atoms with Gasteiger partial charge in [-0.25, -0.2) is 4.98 Å². The number of hydrogen-bond acceptors (Lipinski definition) is 6. The molecule has 2 aromatic heterocycles. The van der Waals surface area contributed by atoms with E-state index in [-0.39, 0.29) is 12.4 Å². The van der Waals surface area contributed by atoms with Gasteiger partial charge in [-0.15, -0.1) is 0 Å². The molecule has 6 heteroatoms. The van der Waals surface area contributed by atoms with Gasteiger partial charge in [-0.05, 0) is 19.1 Å². The molecule has 0 aromatic carbocycles. The van der Waals surface area contributed by atoms with Crippen LogP contribution in [0.4, 0.5) is 5.69 Å². The van der Waals surface area contributed by atoms with Crippen LogP contribution in [0.5, 0.6) is 11.6 Å². The number of nitrogens with one attached hydrogen (secondary N) is 1. The fourth-order valence-electron chi connectivity index (χ4n) is 1.89. The number of aromatic hydroxyl groups is 1. The van der Waals surface area contributed by atoms with E-state index in [4.69, 9.17) is 4.74 Å². The van der Waals surface area contributed by atoms with Gasteiger partial charge in [-0.1, -0.05) is 0 Å². The predicted molar refractivity (Wildman–Crippen MR) is 74.7 cm³/mol. The average molecular weight is 275 g/mol. The molecule has 2 heterocycles. The fourth-order valence-corrected chi connectivity index (χ4v) is 1.89. The van der Waals surface area contributed by atoms with Crippen LogP contribution in [-0.2, 0) is 13.2 Å². The van der Waals surface area contributed by atoms with Gasteiger partial charge in [0.15, 0.2) is 0 Å². The number of ether oxygens (including phenoxy) is 1. The Bertz CT molecular complexity index is 602. The number of hydrogen-bond donors (Lipinski definition) is 3. The minimum atomic E-state index is -0.179. The summed E-state index contributed by atoms with van der Waals surface area (Å²) in [6, 6.07) is 3.62. The summed E-state index contributed by atoms with van der Waals surface area (Å²) in [4.78, 5) is 8.11. The maximum Gasteiger partial charge on any atom is 0.237 e. The average Bonchev–Trinajstić information content (AvgIpc) is 2.49. The van der Waals surface area contributed by atoms with Crippen molar-refractivity contribution in [3.63, 3.8) is 0 Å². The lowest BCUT2D eigenvalue weighted by Crippen LogP contribution is -2.07. The molecule has 0 bridgehead atoms. The van der Waals surface area contributed by atoms with Crippen molar-refractivity contribution in [2.75, 3.05) is 12.4 Å². The third-order valence-electron chi connectivity index (χ3n) is 3.02. The van der Waals surface area contributed by atoms with Gasteiger partial charge in [0.1, 0.15) is 5.75 Å². The molecule has 0 atom stereocenters. The molecule has 0 unspecified atom stereocenters. The molecule has 2 aromatic rings. The first-order chi connectivity index (χ1) is 9.67. The van der Waals surface area contributed by atoms with Crippen molar-refractivity contribution in [2.24, 2.45) is 0 Å². The Morgan fingerprint density at radius 1 is 1.35 bits per heavy atom. The molecule has 0 aliphatic heterocycles. The first-order valence-electron chi connectivity index (χ1n) is 6.17. The number of methoxy groups -OCH3 is 1. The SMILES string of the molecule is COc1ncccc1NCc1c(CO)cnc(C)c1O. The van der Waals surface area contributed by atoms with Crippen LogP contribution in [0.2, 0.25) is 0 Å². The highest BCUT2D eigenvalue weighted by atomic mass is 16.5. The van der Waals surface area contributed by atoms with Gasteiger partial charge in [0.05, 0.1) is 25.1 Å². The molecule has 0 aliphatic rings. The summed E-state index contributed by atoms with van der Waals surface area (Å²) >= 11 is 0. The first-order valence-corrected chi connectivity index (χ1v) is 6.17. The number of nitrogens with zero attached hydrogens (tertiary/aromatic N) is 2. The van der Waals surface area contributed by atoms with Crippen LogP contribution in [0.15, 0.2) is 24.5 Å². The lowest BCUT2D eigenvalue weighted by Gasteiger charge is -2.14. The molecule has 0 saturated carbocycles. The zero-order valence-electron chi connectivity index (χ0n) is 11.4. The van der Waals surface area contributed by atoms with Crippen molar-refractivity contribution in [1.29, 1.82) is 0 Å². The molecule has 0 fully saturated rings. The zero-order chi connectivity index (χ0) is 14.5. The van der Waals surface area contributed by atoms with E-state index >= 15 is 0 Å². The predicted octanol–water partition coefficient (Wildman–Crippen LogP) is 1.60. The van der Waals surface area contributed by atoms with E-state index in [9.17, 15) is 10.2 Å². The van der Waals surface area contributed by atoms with Crippen molar-refractivity contribution >= 4 is 5.69 Å². The van der Waals surface area contributed by atoms with Crippen LogP contribution in [0, 0.1) is 6.92 Å². The number of anilines is 1. The highest BCUT2D eigenvalue weighted by Gasteiger charge is 2.12. The van der Waals surface area contributed by atoms with E-state index < -0.39 is 0 Å². The van der Waals surface area contributed by atoms with Crippen LogP contribution < -0.4 is 10.1 Å². The Morgan fingerprint density at radius 2 is 2.15 bits per heavy atom. The fraction of sp³-hybridized carbons (Fsp3) is 0.286. The minimum absolute atomic E-state index is 0.0897. The molecule has 0 radical (unpaired) electrons. The summed E-state index contributed by atoms with van der Waals surface area (Å²) in [6.07, 6.45) is 3.20. The lowest BCUT2D eigenvalue weighted by molar-refractivity contribution is 0.279. The molecule has 0 saturated heterocycles. The molecule has 0 spiro atoms. The molecule has 0 amide bonds. The summed E-state index contributed by atoms with van der Waals surface area (Å²) in [5.74, 6) is 0.565. The Morgan fingerprint density at radius 3 is 2.85 bits per heavy atom. The topological polar surface area (TPSA) is 87.5 Å². The van der Waals surface area contributed by atoms with Crippen molar-refractivity contribution in [3.05, 3.63) is 41.3 Å². The highest BCUT2D eigenvalue weighted by molar-refractivity contribution is 5.53. The zero-order valence-corrected chi connectivity index (χ0v) is 11.4. The van der Waals surface area contributed by atoms with Crippen LogP contribution in [0.3, 0.4) is 0 Å². The second kappa shape index (κ2) is 6.21. The van der Waals surface area contributed by atoms with Gasteiger partial charge >= 0.3 is 0 Å². The van der Waals surface area contributed by atoms with Crippen LogP contribution >= 0.6 is 0 Å². The normalized spacial score (nSPS) is 10.3. The summed E-state index contributed by atoms with van der Waals surface area (Å²) in [5.41, 5.74) is 2.44. The molecular formula is C14H17N3O3. The largest absolute Gasteiger partial charge is 0.506 e. The summed E-state index contributed by atoms with van der Waals surface area (Å²) in [6.45, 7) is 1.87. The van der Waals surface area contributed by atoms with Crippen molar-refractivity contribution in [3.8, 4) is 11.6 Å². The molecule has 20 heavy (non-hydrogen) atoms. The maximum absolute atomic E-state index is 10.1. The van der Waals surface area contributed by atoms with Gasteiger partial charge < -0.3 is 20.3 Å². The number of pyridine rings is 2. The number of rotatable bonds is 5. The van der Waals surface area contributed by atoms with Crippen LogP contribution in [-0.4, -0.2) is 27.3 Å². The van der Waals surface area contributed by atoms with Gasteiger partial charge in [0, 0.05) is 30.1 Å². The number of aliphatic hydroxyl groups excluding tert-OH is 1. The minimum Gasteiger partial charge on any atom is -0.506 e. The van der Waals surface area contributed by atoms with E-state index in [0.717, 1.165) is 0 Å². The van der Waals surface area contributed by atoms with Crippen molar-refractivity contribution < 1.29 is 14.9 Å². The summed E-state index contributed by atoms with van der Waals surface area (Å²) in [7, 11) is 1.54. The summed E-state index contributed by atoms with van der Waals surface area (Å²) in [5, 5.41) is 22.5. The smallest absolute Gasteiger partial charge is 0.237 e. The quantitative estimate of drug-likeness (QED) is 0.768. The molecule has 6 nitrogen and oxygen atoms in total. The molecule has 106 valence electrons. The third kappa shape index (κ3) is 2.80. The van der Waals surface area contributed by atoms with Gasteiger partial charge in [-0.3, -0.25) is 4.98 Å².